The topological polar surface area (TPSA) is 44.5 Å². The molecule has 14 heavy (non-hydrogen) atoms. The first-order valence-electron chi connectivity index (χ1n) is 4.47. The molecule has 3 nitrogen and oxygen atoms in total. The van der Waals surface area contributed by atoms with Gasteiger partial charge in [-0.1, -0.05) is 0 Å². The number of fused-ring (bicyclic) bond motifs is 1. The summed E-state index contributed by atoms with van der Waals surface area (Å²) in [7, 11) is 0. The van der Waals surface area contributed by atoms with E-state index in [1.807, 2.05) is 0 Å². The third-order valence-electron chi connectivity index (χ3n) is 2.23. The van der Waals surface area contributed by atoms with Crippen molar-refractivity contribution >= 4 is 0 Å². The molecule has 0 spiro atoms. The van der Waals surface area contributed by atoms with Crippen LogP contribution in [0.3, 0.4) is 0 Å². The first kappa shape index (κ1) is 9.43. The Bertz CT molecular complexity index is 352. The van der Waals surface area contributed by atoms with Gasteiger partial charge in [0, 0.05) is 17.2 Å². The van der Waals surface area contributed by atoms with Gasteiger partial charge in [0.05, 0.1) is 6.61 Å². The van der Waals surface area contributed by atoms with Crippen LogP contribution in [0.1, 0.15) is 24.1 Å². The van der Waals surface area contributed by atoms with Gasteiger partial charge in [-0.25, -0.2) is 4.39 Å². The van der Waals surface area contributed by atoms with Crippen molar-refractivity contribution in [3.8, 4) is 5.75 Å². The lowest BCUT2D eigenvalue weighted by atomic mass is 10.0. The molecule has 0 aliphatic carbocycles. The predicted molar refractivity (Wildman–Crippen MR) is 49.3 cm³/mol. The summed E-state index contributed by atoms with van der Waals surface area (Å²) in [6.45, 7) is 2.35. The van der Waals surface area contributed by atoms with E-state index in [0.717, 1.165) is 5.56 Å². The van der Waals surface area contributed by atoms with Gasteiger partial charge in [-0.05, 0) is 19.1 Å². The van der Waals surface area contributed by atoms with E-state index in [9.17, 15) is 4.39 Å². The standard InChI is InChI=1S/C10H12FNO2/c1-6(12)8-3-10-7(2-9(8)11)4-13-5-14-10/h2-3,6H,4-5,12H2,1H3. The minimum atomic E-state index is -0.327. The summed E-state index contributed by atoms with van der Waals surface area (Å²) in [6.07, 6.45) is 0. The third-order valence-corrected chi connectivity index (χ3v) is 2.23. The minimum absolute atomic E-state index is 0.219. The Kier molecular flexibility index (Phi) is 2.39. The molecule has 1 atom stereocenters. The van der Waals surface area contributed by atoms with Gasteiger partial charge in [-0.15, -0.1) is 0 Å². The van der Waals surface area contributed by atoms with E-state index in [-0.39, 0.29) is 18.7 Å². The number of halogens is 1. The second kappa shape index (κ2) is 3.55. The van der Waals surface area contributed by atoms with E-state index in [1.165, 1.54) is 6.07 Å². The molecule has 0 radical (unpaired) electrons. The number of hydrogen-bond acceptors (Lipinski definition) is 3. The van der Waals surface area contributed by atoms with Crippen LogP contribution >= 0.6 is 0 Å². The monoisotopic (exact) mass is 197 g/mol. The van der Waals surface area contributed by atoms with E-state index in [1.54, 1.807) is 13.0 Å². The maximum atomic E-state index is 13.4. The molecule has 2 N–H and O–H groups in total. The highest BCUT2D eigenvalue weighted by atomic mass is 19.1. The van der Waals surface area contributed by atoms with Crippen molar-refractivity contribution in [2.24, 2.45) is 5.73 Å². The SMILES string of the molecule is CC(N)c1cc2c(cc1F)COCO2. The van der Waals surface area contributed by atoms with Crippen LogP contribution < -0.4 is 10.5 Å². The number of rotatable bonds is 1. The molecular formula is C10H12FNO2. The maximum Gasteiger partial charge on any atom is 0.189 e. The zero-order chi connectivity index (χ0) is 10.1. The van der Waals surface area contributed by atoms with Crippen molar-refractivity contribution in [1.82, 2.24) is 0 Å². The Labute approximate surface area is 81.6 Å². The molecule has 0 saturated carbocycles. The number of benzene rings is 1. The fourth-order valence-electron chi connectivity index (χ4n) is 1.46. The van der Waals surface area contributed by atoms with Crippen molar-refractivity contribution in [1.29, 1.82) is 0 Å². The zero-order valence-corrected chi connectivity index (χ0v) is 7.92. The lowest BCUT2D eigenvalue weighted by molar-refractivity contribution is -0.0166. The highest BCUT2D eigenvalue weighted by Crippen LogP contribution is 2.28. The molecule has 1 aromatic carbocycles. The second-order valence-corrected chi connectivity index (χ2v) is 3.38. The van der Waals surface area contributed by atoms with Gasteiger partial charge >= 0.3 is 0 Å². The second-order valence-electron chi connectivity index (χ2n) is 3.38. The smallest absolute Gasteiger partial charge is 0.189 e. The van der Waals surface area contributed by atoms with Gasteiger partial charge in [-0.2, -0.15) is 0 Å². The Morgan fingerprint density at radius 2 is 2.29 bits per heavy atom. The molecule has 1 aromatic rings. The molecule has 1 aliphatic heterocycles. The summed E-state index contributed by atoms with van der Waals surface area (Å²) in [5.41, 5.74) is 6.83. The van der Waals surface area contributed by atoms with Crippen molar-refractivity contribution in [2.75, 3.05) is 6.79 Å². The molecule has 76 valence electrons. The summed E-state index contributed by atoms with van der Waals surface area (Å²) < 4.78 is 23.7. The lowest BCUT2D eigenvalue weighted by Gasteiger charge is -2.19. The van der Waals surface area contributed by atoms with Crippen LogP contribution in [0.15, 0.2) is 12.1 Å². The van der Waals surface area contributed by atoms with Crippen LogP contribution in [0.5, 0.6) is 5.75 Å². The summed E-state index contributed by atoms with van der Waals surface area (Å²) in [6, 6.07) is 2.75. The quantitative estimate of drug-likeness (QED) is 0.745. The largest absolute Gasteiger partial charge is 0.467 e. The van der Waals surface area contributed by atoms with Crippen molar-refractivity contribution in [2.45, 2.75) is 19.6 Å². The highest BCUT2D eigenvalue weighted by molar-refractivity contribution is 5.39. The number of nitrogens with two attached hydrogens (primary N) is 1. The minimum Gasteiger partial charge on any atom is -0.467 e. The van der Waals surface area contributed by atoms with Crippen molar-refractivity contribution in [3.05, 3.63) is 29.1 Å². The van der Waals surface area contributed by atoms with Gasteiger partial charge in [0.1, 0.15) is 11.6 Å². The van der Waals surface area contributed by atoms with E-state index in [2.05, 4.69) is 0 Å². The normalized spacial score (nSPS) is 17.1. The fourth-order valence-corrected chi connectivity index (χ4v) is 1.46. The Morgan fingerprint density at radius 3 is 3.00 bits per heavy atom. The molecular weight excluding hydrogens is 185 g/mol. The van der Waals surface area contributed by atoms with Gasteiger partial charge in [-0.3, -0.25) is 0 Å². The van der Waals surface area contributed by atoms with Gasteiger partial charge in [0.15, 0.2) is 6.79 Å². The maximum absolute atomic E-state index is 13.4. The average Bonchev–Trinajstić information content (AvgIpc) is 2.16. The molecule has 1 aliphatic rings. The van der Waals surface area contributed by atoms with Crippen molar-refractivity contribution in [3.63, 3.8) is 0 Å². The summed E-state index contributed by atoms with van der Waals surface area (Å²) in [5.74, 6) is 0.373. The number of ether oxygens (including phenoxy) is 2. The van der Waals surface area contributed by atoms with Crippen LogP contribution in [0.2, 0.25) is 0 Å². The molecule has 1 unspecified atom stereocenters. The molecule has 0 bridgehead atoms. The first-order valence-corrected chi connectivity index (χ1v) is 4.47. The van der Waals surface area contributed by atoms with E-state index >= 15 is 0 Å². The molecule has 0 aromatic heterocycles. The first-order chi connectivity index (χ1) is 6.68. The van der Waals surface area contributed by atoms with Crippen LogP contribution in [0, 0.1) is 5.82 Å². The molecule has 0 saturated heterocycles. The van der Waals surface area contributed by atoms with E-state index in [0.29, 0.717) is 17.9 Å². The average molecular weight is 197 g/mol. The Hall–Kier alpha value is -1.13. The zero-order valence-electron chi connectivity index (χ0n) is 7.92. The third kappa shape index (κ3) is 1.58. The Balaban J connectivity index is 2.45. The summed E-state index contributed by atoms with van der Waals surface area (Å²) in [4.78, 5) is 0. The molecule has 1 heterocycles. The summed E-state index contributed by atoms with van der Waals surface area (Å²) in [5, 5.41) is 0. The van der Waals surface area contributed by atoms with Gasteiger partial charge < -0.3 is 15.2 Å². The predicted octanol–water partition coefficient (Wildman–Crippen LogP) is 1.71. The molecule has 2 rings (SSSR count). The fraction of sp³-hybridized carbons (Fsp3) is 0.400. The molecule has 0 amide bonds. The van der Waals surface area contributed by atoms with Crippen LogP contribution in [0.25, 0.3) is 0 Å². The Morgan fingerprint density at radius 1 is 1.50 bits per heavy atom. The van der Waals surface area contributed by atoms with E-state index in [4.69, 9.17) is 15.2 Å². The van der Waals surface area contributed by atoms with Crippen LogP contribution in [-0.4, -0.2) is 6.79 Å². The van der Waals surface area contributed by atoms with Crippen molar-refractivity contribution < 1.29 is 13.9 Å². The van der Waals surface area contributed by atoms with Crippen LogP contribution in [-0.2, 0) is 11.3 Å². The van der Waals surface area contributed by atoms with E-state index < -0.39 is 0 Å². The van der Waals surface area contributed by atoms with Crippen LogP contribution in [0.4, 0.5) is 4.39 Å². The molecule has 4 heteroatoms. The summed E-state index contributed by atoms with van der Waals surface area (Å²) >= 11 is 0. The van der Waals surface area contributed by atoms with Gasteiger partial charge in [0.2, 0.25) is 0 Å². The lowest BCUT2D eigenvalue weighted by Crippen LogP contribution is -2.14. The highest BCUT2D eigenvalue weighted by Gasteiger charge is 2.16. The molecule has 0 fully saturated rings. The number of hydrogen-bond donors (Lipinski definition) is 1. The van der Waals surface area contributed by atoms with Gasteiger partial charge in [0.25, 0.3) is 0 Å².